The number of nitrogens with one attached hydrogen (secondary N) is 1. The molecule has 3 aromatic carbocycles. The minimum absolute atomic E-state index is 0.118. The summed E-state index contributed by atoms with van der Waals surface area (Å²) in [5, 5.41) is 13.4. The summed E-state index contributed by atoms with van der Waals surface area (Å²) in [5.41, 5.74) is 2.27. The zero-order valence-electron chi connectivity index (χ0n) is 19.1. The quantitative estimate of drug-likeness (QED) is 0.390. The summed E-state index contributed by atoms with van der Waals surface area (Å²) in [6, 6.07) is 19.4. The Bertz CT molecular complexity index is 1410. The number of benzene rings is 3. The molecule has 0 spiro atoms. The van der Waals surface area contributed by atoms with Gasteiger partial charge in [-0.15, -0.1) is 0 Å². The molecule has 0 bridgehead atoms. The molecule has 4 aromatic rings. The van der Waals surface area contributed by atoms with Gasteiger partial charge in [-0.2, -0.15) is 0 Å². The van der Waals surface area contributed by atoms with Crippen LogP contribution in [-0.4, -0.2) is 40.6 Å². The maximum atomic E-state index is 13.4. The SMILES string of the molecule is COc1ccc2c(c1)c(C(=O)NC(Cc1ccccc1)C(=O)O)c(C)n2C(=O)c1ccc(Cl)cc1. The lowest BCUT2D eigenvalue weighted by Gasteiger charge is -2.15. The highest BCUT2D eigenvalue weighted by molar-refractivity contribution is 6.30. The van der Waals surface area contributed by atoms with Crippen molar-refractivity contribution in [2.45, 2.75) is 19.4 Å². The zero-order chi connectivity index (χ0) is 25.1. The van der Waals surface area contributed by atoms with Crippen molar-refractivity contribution in [3.63, 3.8) is 0 Å². The largest absolute Gasteiger partial charge is 0.497 e. The Balaban J connectivity index is 1.77. The second-order valence-corrected chi connectivity index (χ2v) is 8.48. The topological polar surface area (TPSA) is 97.6 Å². The number of fused-ring (bicyclic) bond motifs is 1. The number of halogens is 1. The molecule has 4 rings (SSSR count). The summed E-state index contributed by atoms with van der Waals surface area (Å²) < 4.78 is 6.77. The van der Waals surface area contributed by atoms with Crippen LogP contribution in [0.25, 0.3) is 10.9 Å². The van der Waals surface area contributed by atoms with Gasteiger partial charge in [0.15, 0.2) is 0 Å². The molecule has 2 N–H and O–H groups in total. The van der Waals surface area contributed by atoms with Gasteiger partial charge in [0, 0.05) is 28.1 Å². The van der Waals surface area contributed by atoms with E-state index in [9.17, 15) is 19.5 Å². The zero-order valence-corrected chi connectivity index (χ0v) is 19.9. The third-order valence-corrected chi connectivity index (χ3v) is 6.07. The molecule has 0 aliphatic carbocycles. The lowest BCUT2D eigenvalue weighted by molar-refractivity contribution is -0.139. The normalized spacial score (nSPS) is 11.7. The summed E-state index contributed by atoms with van der Waals surface area (Å²) in [5.74, 6) is -1.58. The van der Waals surface area contributed by atoms with Gasteiger partial charge < -0.3 is 15.2 Å². The molecule has 35 heavy (non-hydrogen) atoms. The molecule has 0 saturated carbocycles. The van der Waals surface area contributed by atoms with E-state index in [0.717, 1.165) is 5.56 Å². The van der Waals surface area contributed by atoms with Gasteiger partial charge in [-0.05, 0) is 55.0 Å². The van der Waals surface area contributed by atoms with Gasteiger partial charge in [0.25, 0.3) is 11.8 Å². The van der Waals surface area contributed by atoms with Gasteiger partial charge in [-0.3, -0.25) is 14.2 Å². The molecular formula is C27H23ClN2O5. The van der Waals surface area contributed by atoms with E-state index in [-0.39, 0.29) is 17.9 Å². The lowest BCUT2D eigenvalue weighted by Crippen LogP contribution is -2.42. The number of ether oxygens (including phenoxy) is 1. The van der Waals surface area contributed by atoms with Crippen molar-refractivity contribution >= 4 is 40.3 Å². The number of carboxylic acid groups (broad SMARTS) is 1. The van der Waals surface area contributed by atoms with E-state index in [1.165, 1.54) is 11.7 Å². The first-order valence-corrected chi connectivity index (χ1v) is 11.2. The van der Waals surface area contributed by atoms with Gasteiger partial charge >= 0.3 is 5.97 Å². The van der Waals surface area contributed by atoms with Crippen LogP contribution in [0.2, 0.25) is 5.02 Å². The molecular weight excluding hydrogens is 468 g/mol. The number of carbonyl (C=O) groups excluding carboxylic acids is 2. The van der Waals surface area contributed by atoms with E-state index >= 15 is 0 Å². The van der Waals surface area contributed by atoms with E-state index in [1.807, 2.05) is 18.2 Å². The van der Waals surface area contributed by atoms with Crippen molar-refractivity contribution in [3.8, 4) is 5.75 Å². The first kappa shape index (κ1) is 24.0. The van der Waals surface area contributed by atoms with Crippen LogP contribution < -0.4 is 10.1 Å². The number of aliphatic carboxylic acids is 1. The van der Waals surface area contributed by atoms with Crippen LogP contribution in [0, 0.1) is 6.92 Å². The van der Waals surface area contributed by atoms with Crippen LogP contribution in [0.1, 0.15) is 32.0 Å². The van der Waals surface area contributed by atoms with Gasteiger partial charge in [0.2, 0.25) is 0 Å². The standard InChI is InChI=1S/C27H23ClN2O5/c1-16-24(25(31)29-22(27(33)34)14-17-6-4-3-5-7-17)21-15-20(35-2)12-13-23(21)30(16)26(32)18-8-10-19(28)11-9-18/h3-13,15,22H,14H2,1-2H3,(H,29,31)(H,33,34). The monoisotopic (exact) mass is 490 g/mol. The van der Waals surface area contributed by atoms with Crippen molar-refractivity contribution < 1.29 is 24.2 Å². The van der Waals surface area contributed by atoms with Crippen LogP contribution in [0.5, 0.6) is 5.75 Å². The fourth-order valence-corrected chi connectivity index (χ4v) is 4.20. The molecule has 1 unspecified atom stereocenters. The van der Waals surface area contributed by atoms with Gasteiger partial charge in [0.05, 0.1) is 18.2 Å². The number of rotatable bonds is 7. The van der Waals surface area contributed by atoms with Crippen molar-refractivity contribution in [1.29, 1.82) is 0 Å². The summed E-state index contributed by atoms with van der Waals surface area (Å²) in [6.07, 6.45) is 0.118. The molecule has 1 aromatic heterocycles. The van der Waals surface area contributed by atoms with Gasteiger partial charge in [-0.25, -0.2) is 4.79 Å². The molecule has 1 amide bonds. The Morgan fingerprint density at radius 3 is 2.34 bits per heavy atom. The predicted octanol–water partition coefficient (Wildman–Crippen LogP) is 4.73. The highest BCUT2D eigenvalue weighted by atomic mass is 35.5. The van der Waals surface area contributed by atoms with E-state index in [2.05, 4.69) is 5.32 Å². The average molecular weight is 491 g/mol. The lowest BCUT2D eigenvalue weighted by atomic mass is 10.0. The molecule has 8 heteroatoms. The number of carbonyl (C=O) groups is 3. The average Bonchev–Trinajstić information content (AvgIpc) is 3.15. The fourth-order valence-electron chi connectivity index (χ4n) is 4.07. The highest BCUT2D eigenvalue weighted by Crippen LogP contribution is 2.30. The van der Waals surface area contributed by atoms with Crippen LogP contribution >= 0.6 is 11.6 Å². The van der Waals surface area contributed by atoms with Crippen molar-refractivity contribution in [1.82, 2.24) is 9.88 Å². The molecule has 0 radical (unpaired) electrons. The van der Waals surface area contributed by atoms with E-state index < -0.39 is 17.9 Å². The third kappa shape index (κ3) is 4.90. The summed E-state index contributed by atoms with van der Waals surface area (Å²) in [7, 11) is 1.50. The number of hydrogen-bond donors (Lipinski definition) is 2. The van der Waals surface area contributed by atoms with E-state index in [1.54, 1.807) is 61.5 Å². The van der Waals surface area contributed by atoms with Crippen LogP contribution in [0.4, 0.5) is 0 Å². The highest BCUT2D eigenvalue weighted by Gasteiger charge is 2.28. The molecule has 0 aliphatic rings. The minimum Gasteiger partial charge on any atom is -0.497 e. The molecule has 7 nitrogen and oxygen atoms in total. The Hall–Kier alpha value is -4.10. The number of hydrogen-bond acceptors (Lipinski definition) is 4. The smallest absolute Gasteiger partial charge is 0.326 e. The minimum atomic E-state index is -1.15. The second-order valence-electron chi connectivity index (χ2n) is 8.04. The third-order valence-electron chi connectivity index (χ3n) is 5.82. The van der Waals surface area contributed by atoms with Crippen molar-refractivity contribution in [3.05, 3.63) is 100 Å². The van der Waals surface area contributed by atoms with Gasteiger partial charge in [-0.1, -0.05) is 41.9 Å². The van der Waals surface area contributed by atoms with E-state index in [4.69, 9.17) is 16.3 Å². The Labute approximate surface area is 206 Å². The van der Waals surface area contributed by atoms with Crippen LogP contribution in [0.3, 0.4) is 0 Å². The Morgan fingerprint density at radius 1 is 1.03 bits per heavy atom. The summed E-state index contributed by atoms with van der Waals surface area (Å²) in [6.45, 7) is 1.65. The van der Waals surface area contributed by atoms with Crippen molar-refractivity contribution in [2.24, 2.45) is 0 Å². The molecule has 1 atom stereocenters. The molecule has 0 saturated heterocycles. The van der Waals surface area contributed by atoms with E-state index in [0.29, 0.717) is 32.9 Å². The number of carboxylic acids is 1. The Morgan fingerprint density at radius 2 is 1.71 bits per heavy atom. The number of amides is 1. The number of methoxy groups -OCH3 is 1. The molecule has 0 aliphatic heterocycles. The summed E-state index contributed by atoms with van der Waals surface area (Å²) >= 11 is 5.97. The number of nitrogens with zero attached hydrogens (tertiary/aromatic N) is 1. The maximum absolute atomic E-state index is 13.4. The van der Waals surface area contributed by atoms with Crippen LogP contribution in [0.15, 0.2) is 72.8 Å². The number of aromatic nitrogens is 1. The molecule has 0 fully saturated rings. The Kier molecular flexibility index (Phi) is 6.89. The molecule has 178 valence electrons. The summed E-state index contributed by atoms with van der Waals surface area (Å²) in [4.78, 5) is 38.8. The molecule has 1 heterocycles. The second kappa shape index (κ2) is 10.0. The maximum Gasteiger partial charge on any atom is 0.326 e. The fraction of sp³-hybridized carbons (Fsp3) is 0.148. The first-order valence-electron chi connectivity index (χ1n) is 10.9. The van der Waals surface area contributed by atoms with Crippen LogP contribution in [-0.2, 0) is 11.2 Å². The van der Waals surface area contributed by atoms with Gasteiger partial charge in [0.1, 0.15) is 11.8 Å². The van der Waals surface area contributed by atoms with Crippen molar-refractivity contribution in [2.75, 3.05) is 7.11 Å². The predicted molar refractivity (Wildman–Crippen MR) is 133 cm³/mol. The first-order chi connectivity index (χ1) is 16.8.